The number of anilines is 1. The minimum Gasteiger partial charge on any atom is -0.497 e. The molecule has 0 bridgehead atoms. The maximum Gasteiger partial charge on any atom is 0.239 e. The summed E-state index contributed by atoms with van der Waals surface area (Å²) in [5.41, 5.74) is 3.48. The van der Waals surface area contributed by atoms with Crippen molar-refractivity contribution in [2.45, 2.75) is 39.3 Å². The van der Waals surface area contributed by atoms with E-state index >= 15 is 0 Å². The molecule has 1 amide bonds. The van der Waals surface area contributed by atoms with Gasteiger partial charge in [-0.3, -0.25) is 9.69 Å². The van der Waals surface area contributed by atoms with E-state index in [9.17, 15) is 10.1 Å². The highest BCUT2D eigenvalue weighted by Crippen LogP contribution is 2.33. The SMILES string of the molecule is COc1ccc(C2CCCN2CC(=O)Nc2c(C#N)c(C)c(C)n2Cc2ccco2)cc1. The summed E-state index contributed by atoms with van der Waals surface area (Å²) in [4.78, 5) is 15.3. The maximum absolute atomic E-state index is 13.1. The van der Waals surface area contributed by atoms with Gasteiger partial charge in [-0.25, -0.2) is 0 Å². The first-order valence-electron chi connectivity index (χ1n) is 10.8. The normalized spacial score (nSPS) is 16.1. The molecule has 166 valence electrons. The zero-order valence-corrected chi connectivity index (χ0v) is 18.7. The Balaban J connectivity index is 1.52. The number of amides is 1. The van der Waals surface area contributed by atoms with Crippen molar-refractivity contribution in [3.8, 4) is 11.8 Å². The van der Waals surface area contributed by atoms with Gasteiger partial charge in [0.2, 0.25) is 5.91 Å². The monoisotopic (exact) mass is 432 g/mol. The number of hydrogen-bond donors (Lipinski definition) is 1. The summed E-state index contributed by atoms with van der Waals surface area (Å²) >= 11 is 0. The van der Waals surface area contributed by atoms with E-state index in [-0.39, 0.29) is 18.5 Å². The Hall–Kier alpha value is -3.50. The quantitative estimate of drug-likeness (QED) is 0.598. The van der Waals surface area contributed by atoms with Crippen LogP contribution in [0.3, 0.4) is 0 Å². The summed E-state index contributed by atoms with van der Waals surface area (Å²) in [7, 11) is 1.65. The molecule has 0 radical (unpaired) electrons. The van der Waals surface area contributed by atoms with E-state index in [0.717, 1.165) is 42.2 Å². The number of nitriles is 1. The molecule has 0 aliphatic carbocycles. The van der Waals surface area contributed by atoms with Gasteiger partial charge in [0.05, 0.1) is 32.0 Å². The standard InChI is InChI=1S/C25H28N4O3/c1-17-18(2)29(15-21-6-5-13-32-21)25(22(17)14-26)27-24(30)16-28-12-4-7-23(28)19-8-10-20(31-3)11-9-19/h5-6,8-11,13,23H,4,7,12,15-16H2,1-3H3,(H,27,30). The molecule has 0 saturated carbocycles. The van der Waals surface area contributed by atoms with Crippen LogP contribution in [0, 0.1) is 25.2 Å². The average molecular weight is 433 g/mol. The molecular weight excluding hydrogens is 404 g/mol. The molecule has 7 heteroatoms. The van der Waals surface area contributed by atoms with Gasteiger partial charge in [0.25, 0.3) is 0 Å². The third kappa shape index (κ3) is 4.27. The third-order valence-electron chi connectivity index (χ3n) is 6.30. The molecule has 0 spiro atoms. The van der Waals surface area contributed by atoms with Crippen molar-refractivity contribution in [2.24, 2.45) is 0 Å². The summed E-state index contributed by atoms with van der Waals surface area (Å²) in [6.07, 6.45) is 3.67. The average Bonchev–Trinajstić information content (AvgIpc) is 3.52. The minimum absolute atomic E-state index is 0.125. The van der Waals surface area contributed by atoms with E-state index in [1.165, 1.54) is 5.56 Å². The fourth-order valence-corrected chi connectivity index (χ4v) is 4.46. The number of carbonyl (C=O) groups excluding carboxylic acids is 1. The number of ether oxygens (including phenoxy) is 1. The van der Waals surface area contributed by atoms with E-state index in [1.54, 1.807) is 13.4 Å². The van der Waals surface area contributed by atoms with Crippen LogP contribution in [-0.2, 0) is 11.3 Å². The van der Waals surface area contributed by atoms with Gasteiger partial charge < -0.3 is 19.0 Å². The van der Waals surface area contributed by atoms with Crippen molar-refractivity contribution in [3.63, 3.8) is 0 Å². The Labute approximate surface area is 188 Å². The van der Waals surface area contributed by atoms with E-state index < -0.39 is 0 Å². The lowest BCUT2D eigenvalue weighted by molar-refractivity contribution is -0.117. The molecule has 1 N–H and O–H groups in total. The van der Waals surface area contributed by atoms with Gasteiger partial charge in [-0.1, -0.05) is 12.1 Å². The molecule has 1 aliphatic rings. The van der Waals surface area contributed by atoms with Gasteiger partial charge in [-0.05, 0) is 68.6 Å². The molecule has 1 unspecified atom stereocenters. The Morgan fingerprint density at radius 3 is 2.72 bits per heavy atom. The number of methoxy groups -OCH3 is 1. The van der Waals surface area contributed by atoms with Crippen LogP contribution in [0.15, 0.2) is 47.1 Å². The van der Waals surface area contributed by atoms with Crippen LogP contribution in [0.25, 0.3) is 0 Å². The molecule has 3 aromatic rings. The number of rotatable bonds is 7. The van der Waals surface area contributed by atoms with Crippen molar-refractivity contribution >= 4 is 11.7 Å². The Bertz CT molecular complexity index is 1120. The number of benzene rings is 1. The molecule has 1 fully saturated rings. The van der Waals surface area contributed by atoms with Crippen molar-refractivity contribution in [1.29, 1.82) is 5.26 Å². The van der Waals surface area contributed by atoms with Crippen molar-refractivity contribution in [2.75, 3.05) is 25.5 Å². The van der Waals surface area contributed by atoms with Crippen LogP contribution in [0.5, 0.6) is 5.75 Å². The molecule has 7 nitrogen and oxygen atoms in total. The zero-order valence-electron chi connectivity index (χ0n) is 18.7. The lowest BCUT2D eigenvalue weighted by Gasteiger charge is -2.24. The first-order valence-corrected chi connectivity index (χ1v) is 10.8. The van der Waals surface area contributed by atoms with E-state index in [4.69, 9.17) is 9.15 Å². The van der Waals surface area contributed by atoms with Crippen LogP contribution < -0.4 is 10.1 Å². The Morgan fingerprint density at radius 1 is 1.28 bits per heavy atom. The van der Waals surface area contributed by atoms with Gasteiger partial charge in [-0.15, -0.1) is 0 Å². The third-order valence-corrected chi connectivity index (χ3v) is 6.30. The second kappa shape index (κ2) is 9.33. The molecule has 32 heavy (non-hydrogen) atoms. The lowest BCUT2D eigenvalue weighted by Crippen LogP contribution is -2.33. The number of nitrogens with one attached hydrogen (secondary N) is 1. The fraction of sp³-hybridized carbons (Fsp3) is 0.360. The molecule has 2 aromatic heterocycles. The topological polar surface area (TPSA) is 83.4 Å². The van der Waals surface area contributed by atoms with Crippen LogP contribution in [-0.4, -0.2) is 35.6 Å². The number of hydrogen-bond acceptors (Lipinski definition) is 5. The summed E-state index contributed by atoms with van der Waals surface area (Å²) in [5, 5.41) is 12.8. The summed E-state index contributed by atoms with van der Waals surface area (Å²) in [6, 6.07) is 14.2. The van der Waals surface area contributed by atoms with Gasteiger partial charge in [0.15, 0.2) is 0 Å². The second-order valence-electron chi connectivity index (χ2n) is 8.16. The fourth-order valence-electron chi connectivity index (χ4n) is 4.46. The minimum atomic E-state index is -0.125. The molecule has 3 heterocycles. The molecule has 1 atom stereocenters. The van der Waals surface area contributed by atoms with Gasteiger partial charge >= 0.3 is 0 Å². The highest BCUT2D eigenvalue weighted by Gasteiger charge is 2.28. The number of furan rings is 1. The molecular formula is C25H28N4O3. The molecule has 1 saturated heterocycles. The highest BCUT2D eigenvalue weighted by molar-refractivity contribution is 5.93. The number of likely N-dealkylation sites (tertiary alicyclic amines) is 1. The van der Waals surface area contributed by atoms with E-state index in [1.807, 2.05) is 42.7 Å². The maximum atomic E-state index is 13.1. The number of nitrogens with zero attached hydrogens (tertiary/aromatic N) is 3. The van der Waals surface area contributed by atoms with Gasteiger partial charge in [-0.2, -0.15) is 5.26 Å². The smallest absolute Gasteiger partial charge is 0.239 e. The lowest BCUT2D eigenvalue weighted by atomic mass is 10.0. The number of aromatic nitrogens is 1. The zero-order chi connectivity index (χ0) is 22.7. The van der Waals surface area contributed by atoms with E-state index in [0.29, 0.717) is 17.9 Å². The second-order valence-corrected chi connectivity index (χ2v) is 8.16. The molecule has 4 rings (SSSR count). The van der Waals surface area contributed by atoms with Crippen LogP contribution in [0.4, 0.5) is 5.82 Å². The van der Waals surface area contributed by atoms with Crippen molar-refractivity contribution < 1.29 is 13.9 Å². The van der Waals surface area contributed by atoms with Crippen molar-refractivity contribution in [3.05, 3.63) is 70.8 Å². The summed E-state index contributed by atoms with van der Waals surface area (Å²) in [6.45, 7) is 5.44. The Morgan fingerprint density at radius 2 is 2.06 bits per heavy atom. The summed E-state index contributed by atoms with van der Waals surface area (Å²) in [5.74, 6) is 1.99. The van der Waals surface area contributed by atoms with Gasteiger partial charge in [0.1, 0.15) is 23.4 Å². The molecule has 1 aromatic carbocycles. The predicted molar refractivity (Wildman–Crippen MR) is 122 cm³/mol. The Kier molecular flexibility index (Phi) is 6.33. The van der Waals surface area contributed by atoms with Crippen LogP contribution in [0.1, 0.15) is 47.0 Å². The number of carbonyl (C=O) groups is 1. The first-order chi connectivity index (χ1) is 15.5. The highest BCUT2D eigenvalue weighted by atomic mass is 16.5. The first kappa shape index (κ1) is 21.7. The van der Waals surface area contributed by atoms with Crippen LogP contribution in [0.2, 0.25) is 0 Å². The van der Waals surface area contributed by atoms with Crippen molar-refractivity contribution in [1.82, 2.24) is 9.47 Å². The summed E-state index contributed by atoms with van der Waals surface area (Å²) < 4.78 is 12.7. The largest absolute Gasteiger partial charge is 0.497 e. The van der Waals surface area contributed by atoms with Crippen LogP contribution >= 0.6 is 0 Å². The predicted octanol–water partition coefficient (Wildman–Crippen LogP) is 4.40. The van der Waals surface area contributed by atoms with E-state index in [2.05, 4.69) is 28.4 Å². The van der Waals surface area contributed by atoms with Gasteiger partial charge in [0, 0.05) is 11.7 Å². The molecule has 1 aliphatic heterocycles.